The van der Waals surface area contributed by atoms with Crippen molar-refractivity contribution in [1.82, 2.24) is 15.1 Å². The number of nitrogens with one attached hydrogen (secondary N) is 1. The molecule has 1 aromatic rings. The van der Waals surface area contributed by atoms with Gasteiger partial charge in [0.15, 0.2) is 5.92 Å². The molecule has 1 atom stereocenters. The van der Waals surface area contributed by atoms with E-state index in [4.69, 9.17) is 11.6 Å². The van der Waals surface area contributed by atoms with Crippen LogP contribution < -0.4 is 10.2 Å². The number of anilines is 1. The smallest absolute Gasteiger partial charge is 0.368 e. The van der Waals surface area contributed by atoms with Crippen LogP contribution >= 0.6 is 11.6 Å². The molecule has 2 aliphatic heterocycles. The van der Waals surface area contributed by atoms with Crippen molar-refractivity contribution < 1.29 is 31.1 Å². The normalized spacial score (nSPS) is 21.3. The highest BCUT2D eigenvalue weighted by molar-refractivity contribution is 6.30. The lowest BCUT2D eigenvalue weighted by molar-refractivity contribution is -0.300. The molecular formula is C20H25ClF6N4O. The van der Waals surface area contributed by atoms with Crippen molar-refractivity contribution in [2.45, 2.75) is 31.9 Å². The third-order valence-electron chi connectivity index (χ3n) is 5.97. The Bertz CT molecular complexity index is 796. The van der Waals surface area contributed by atoms with Gasteiger partial charge < -0.3 is 15.1 Å². The first kappa shape index (κ1) is 24.9. The van der Waals surface area contributed by atoms with Crippen LogP contribution in [0.1, 0.15) is 12.5 Å². The Morgan fingerprint density at radius 1 is 1.09 bits per heavy atom. The van der Waals surface area contributed by atoms with Crippen LogP contribution in [-0.4, -0.2) is 79.9 Å². The van der Waals surface area contributed by atoms with Gasteiger partial charge in [-0.2, -0.15) is 26.3 Å². The molecule has 2 heterocycles. The third-order valence-corrected chi connectivity index (χ3v) is 6.21. The number of carbonyl (C=O) groups excluding carboxylic acids is 1. The van der Waals surface area contributed by atoms with E-state index in [9.17, 15) is 31.1 Å². The molecule has 2 saturated heterocycles. The Balaban J connectivity index is 1.86. The van der Waals surface area contributed by atoms with Gasteiger partial charge in [0.05, 0.1) is 0 Å². The molecule has 3 rings (SSSR count). The number of carbonyl (C=O) groups is 1. The van der Waals surface area contributed by atoms with E-state index in [2.05, 4.69) is 5.32 Å². The summed E-state index contributed by atoms with van der Waals surface area (Å²) in [6.45, 7) is 3.26. The molecule has 1 aromatic carbocycles. The highest BCUT2D eigenvalue weighted by Crippen LogP contribution is 2.43. The average Bonchev–Trinajstić information content (AvgIpc) is 2.68. The lowest BCUT2D eigenvalue weighted by atomic mass is 9.94. The summed E-state index contributed by atoms with van der Waals surface area (Å²) in [5.74, 6) is -3.50. The monoisotopic (exact) mass is 486 g/mol. The van der Waals surface area contributed by atoms with Crippen LogP contribution in [0.25, 0.3) is 0 Å². The zero-order valence-electron chi connectivity index (χ0n) is 17.4. The number of nitrogens with zero attached hydrogens (tertiary/aromatic N) is 3. The summed E-state index contributed by atoms with van der Waals surface area (Å²) in [7, 11) is 0. The summed E-state index contributed by atoms with van der Waals surface area (Å²) in [4.78, 5) is 16.5. The highest BCUT2D eigenvalue weighted by atomic mass is 35.5. The van der Waals surface area contributed by atoms with Crippen molar-refractivity contribution in [1.29, 1.82) is 0 Å². The lowest BCUT2D eigenvalue weighted by Crippen LogP contribution is -2.60. The predicted octanol–water partition coefficient (Wildman–Crippen LogP) is 3.52. The minimum atomic E-state index is -5.41. The summed E-state index contributed by atoms with van der Waals surface area (Å²) < 4.78 is 80.4. The number of hydrogen-bond donors (Lipinski definition) is 1. The largest absolute Gasteiger partial charge is 0.402 e. The average molecular weight is 487 g/mol. The number of alkyl halides is 6. The molecule has 2 aliphatic rings. The molecule has 0 aromatic heterocycles. The zero-order chi connectivity index (χ0) is 23.7. The maximum Gasteiger partial charge on any atom is 0.402 e. The topological polar surface area (TPSA) is 38.8 Å². The SMILES string of the molecule is CC(=O)N1CCN(c2cc(Cl)ccc2CN2CCNCC2C(C(F)(F)F)C(F)(F)F)CC1. The molecule has 32 heavy (non-hydrogen) atoms. The molecule has 0 aliphatic carbocycles. The van der Waals surface area contributed by atoms with Crippen molar-refractivity contribution in [2.75, 3.05) is 50.7 Å². The van der Waals surface area contributed by atoms with Crippen LogP contribution in [0.2, 0.25) is 5.02 Å². The number of hydrogen-bond acceptors (Lipinski definition) is 4. The van der Waals surface area contributed by atoms with E-state index in [1.165, 1.54) is 11.8 Å². The molecule has 1 amide bonds. The summed E-state index contributed by atoms with van der Waals surface area (Å²) in [6.07, 6.45) is -10.8. The molecule has 12 heteroatoms. The third kappa shape index (κ3) is 5.79. The van der Waals surface area contributed by atoms with Crippen molar-refractivity contribution >= 4 is 23.2 Å². The van der Waals surface area contributed by atoms with E-state index in [1.807, 2.05) is 4.90 Å². The summed E-state index contributed by atoms with van der Waals surface area (Å²) >= 11 is 6.14. The first-order valence-corrected chi connectivity index (χ1v) is 10.6. The molecule has 0 spiro atoms. The van der Waals surface area contributed by atoms with E-state index >= 15 is 0 Å². The van der Waals surface area contributed by atoms with E-state index in [0.29, 0.717) is 49.0 Å². The Morgan fingerprint density at radius 3 is 2.28 bits per heavy atom. The van der Waals surface area contributed by atoms with Gasteiger partial charge >= 0.3 is 12.4 Å². The number of piperazine rings is 2. The molecule has 5 nitrogen and oxygen atoms in total. The van der Waals surface area contributed by atoms with Gasteiger partial charge in [0.2, 0.25) is 5.91 Å². The molecule has 0 bridgehead atoms. The fourth-order valence-electron chi connectivity index (χ4n) is 4.36. The molecule has 1 unspecified atom stereocenters. The minimum Gasteiger partial charge on any atom is -0.368 e. The highest BCUT2D eigenvalue weighted by Gasteiger charge is 2.61. The maximum absolute atomic E-state index is 13.4. The molecule has 0 saturated carbocycles. The van der Waals surface area contributed by atoms with E-state index < -0.39 is 30.9 Å². The van der Waals surface area contributed by atoms with Crippen molar-refractivity contribution in [3.63, 3.8) is 0 Å². The van der Waals surface area contributed by atoms with E-state index in [-0.39, 0.29) is 19.0 Å². The molecule has 1 N–H and O–H groups in total. The summed E-state index contributed by atoms with van der Waals surface area (Å²) in [6, 6.07) is 3.11. The summed E-state index contributed by atoms with van der Waals surface area (Å²) in [5.41, 5.74) is 1.26. The fraction of sp³-hybridized carbons (Fsp3) is 0.650. The fourth-order valence-corrected chi connectivity index (χ4v) is 4.53. The maximum atomic E-state index is 13.4. The quantitative estimate of drug-likeness (QED) is 0.661. The molecule has 2 fully saturated rings. The standard InChI is InChI=1S/C20H25ClF6N4O/c1-13(32)29-6-8-30(9-7-29)16-10-15(21)3-2-14(16)12-31-5-4-28-11-17(31)18(19(22,23)24)20(25,26)27/h2-3,10,17-18,28H,4-9,11-12H2,1H3. The van der Waals surface area contributed by atoms with Gasteiger partial charge in [-0.3, -0.25) is 9.69 Å². The van der Waals surface area contributed by atoms with Crippen LogP contribution in [0.5, 0.6) is 0 Å². The minimum absolute atomic E-state index is 0.0491. The Labute approximate surface area is 187 Å². The first-order chi connectivity index (χ1) is 14.9. The summed E-state index contributed by atoms with van der Waals surface area (Å²) in [5, 5.41) is 3.08. The predicted molar refractivity (Wildman–Crippen MR) is 109 cm³/mol. The Morgan fingerprint density at radius 2 is 1.72 bits per heavy atom. The number of benzene rings is 1. The van der Waals surface area contributed by atoms with Crippen molar-refractivity contribution in [2.24, 2.45) is 5.92 Å². The lowest BCUT2D eigenvalue weighted by Gasteiger charge is -2.42. The molecule has 0 radical (unpaired) electrons. The van der Waals surface area contributed by atoms with Gasteiger partial charge in [-0.05, 0) is 17.7 Å². The second-order valence-electron chi connectivity index (χ2n) is 8.07. The second kappa shape index (κ2) is 9.64. The van der Waals surface area contributed by atoms with Crippen LogP contribution in [0.3, 0.4) is 0 Å². The number of amides is 1. The van der Waals surface area contributed by atoms with Crippen LogP contribution in [0, 0.1) is 5.92 Å². The van der Waals surface area contributed by atoms with Crippen LogP contribution in [-0.2, 0) is 11.3 Å². The second-order valence-corrected chi connectivity index (χ2v) is 8.51. The molecule has 180 valence electrons. The van der Waals surface area contributed by atoms with E-state index in [1.54, 1.807) is 23.1 Å². The van der Waals surface area contributed by atoms with Gasteiger partial charge in [-0.1, -0.05) is 17.7 Å². The van der Waals surface area contributed by atoms with Gasteiger partial charge in [0, 0.05) is 76.0 Å². The van der Waals surface area contributed by atoms with Gasteiger partial charge in [-0.15, -0.1) is 0 Å². The van der Waals surface area contributed by atoms with Gasteiger partial charge in [0.25, 0.3) is 0 Å². The van der Waals surface area contributed by atoms with Crippen molar-refractivity contribution in [3.05, 3.63) is 28.8 Å². The van der Waals surface area contributed by atoms with Crippen LogP contribution in [0.4, 0.5) is 32.0 Å². The number of rotatable bonds is 4. The van der Waals surface area contributed by atoms with Gasteiger partial charge in [0.1, 0.15) is 0 Å². The van der Waals surface area contributed by atoms with E-state index in [0.717, 1.165) is 0 Å². The Hall–Kier alpha value is -1.72. The first-order valence-electron chi connectivity index (χ1n) is 10.2. The van der Waals surface area contributed by atoms with Crippen LogP contribution in [0.15, 0.2) is 18.2 Å². The van der Waals surface area contributed by atoms with Gasteiger partial charge in [-0.25, -0.2) is 0 Å². The number of halogens is 7. The Kier molecular flexibility index (Phi) is 7.51. The van der Waals surface area contributed by atoms with Crippen molar-refractivity contribution in [3.8, 4) is 0 Å². The molecular weight excluding hydrogens is 462 g/mol. The zero-order valence-corrected chi connectivity index (χ0v) is 18.2.